The third kappa shape index (κ3) is 130. The number of hydrogen-bond donors (Lipinski definition) is 0. The van der Waals surface area contributed by atoms with Gasteiger partial charge in [0.1, 0.15) is 0 Å². The summed E-state index contributed by atoms with van der Waals surface area (Å²) in [6, 6.07) is 0. The second kappa shape index (κ2) is 16.3. The monoisotopic (exact) mass is 242 g/mol. The molecular weight excluding hydrogens is 237 g/mol. The summed E-state index contributed by atoms with van der Waals surface area (Å²) in [6.07, 6.45) is 0.111. The second-order valence-electron chi connectivity index (χ2n) is 1.13. The largest absolute Gasteiger partial charge is 3.00 e. The van der Waals surface area contributed by atoms with Crippen molar-refractivity contribution in [3.63, 3.8) is 0 Å². The first-order chi connectivity index (χ1) is 4.27. The summed E-state index contributed by atoms with van der Waals surface area (Å²) in [7, 11) is -5.17. The fourth-order valence-electron chi connectivity index (χ4n) is 0. The van der Waals surface area contributed by atoms with Gasteiger partial charge in [0.05, 0.1) is 0 Å². The third-order valence-electron chi connectivity index (χ3n) is 0.289. The van der Waals surface area contributed by atoms with Gasteiger partial charge in [-0.25, -0.2) is 0 Å². The molecule has 0 aliphatic heterocycles. The standard InChI is InChI=1S/C3H6O2.Al.2Na.H2O4S/c1-2-3(4)5;;;;1-5(2,3)4/h2H2,1H3,(H,4,5);;;;(H2,1,2,3,4)/q;+3;2*+1;/p-3. The van der Waals surface area contributed by atoms with Crippen LogP contribution >= 0.6 is 0 Å². The predicted molar refractivity (Wildman–Crippen MR) is 31.5 cm³/mol. The molecule has 0 radical (unpaired) electrons. The number of carbonyl (C=O) groups is 1. The molecule has 0 N–H and O–H groups in total. The van der Waals surface area contributed by atoms with Crippen molar-refractivity contribution in [1.82, 2.24) is 0 Å². The zero-order valence-electron chi connectivity index (χ0n) is 7.64. The molecule has 0 aromatic rings. The molecular formula is C3H5AlNa2O6S+2. The molecule has 0 amide bonds. The number of aliphatic carboxylic acids is 1. The summed E-state index contributed by atoms with van der Waals surface area (Å²) in [4.78, 5) is 9.26. The van der Waals surface area contributed by atoms with Crippen LogP contribution in [0.25, 0.3) is 0 Å². The Morgan fingerprint density at radius 3 is 1.31 bits per heavy atom. The maximum absolute atomic E-state index is 9.26. The molecule has 0 atom stereocenters. The fraction of sp³-hybridized carbons (Fsp3) is 0.667. The van der Waals surface area contributed by atoms with Crippen molar-refractivity contribution < 1.29 is 86.5 Å². The minimum atomic E-state index is -5.17. The Bertz CT molecular complexity index is 184. The van der Waals surface area contributed by atoms with E-state index in [0.717, 1.165) is 0 Å². The van der Waals surface area contributed by atoms with Gasteiger partial charge in [0.25, 0.3) is 0 Å². The topological polar surface area (TPSA) is 120 Å². The van der Waals surface area contributed by atoms with Crippen LogP contribution in [0.4, 0.5) is 0 Å². The van der Waals surface area contributed by atoms with E-state index in [1.54, 1.807) is 0 Å². The smallest absolute Gasteiger partial charge is 0.759 e. The maximum Gasteiger partial charge on any atom is 3.00 e. The molecule has 13 heavy (non-hydrogen) atoms. The summed E-state index contributed by atoms with van der Waals surface area (Å²) in [5.41, 5.74) is 0. The van der Waals surface area contributed by atoms with E-state index in [2.05, 4.69) is 0 Å². The van der Waals surface area contributed by atoms with Crippen molar-refractivity contribution in [2.45, 2.75) is 13.3 Å². The first-order valence-electron chi connectivity index (χ1n) is 2.14. The third-order valence-corrected chi connectivity index (χ3v) is 0.289. The molecule has 6 nitrogen and oxygen atoms in total. The molecule has 0 aromatic heterocycles. The van der Waals surface area contributed by atoms with Crippen molar-refractivity contribution in [2.75, 3.05) is 0 Å². The molecule has 0 aromatic carbocycles. The van der Waals surface area contributed by atoms with E-state index < -0.39 is 16.4 Å². The number of carboxylic acid groups (broad SMARTS) is 1. The summed E-state index contributed by atoms with van der Waals surface area (Å²) in [5, 5.41) is 9.26. The van der Waals surface area contributed by atoms with Crippen LogP contribution < -0.4 is 64.2 Å². The van der Waals surface area contributed by atoms with E-state index in [0.29, 0.717) is 0 Å². The normalized spacial score (nSPS) is 7.31. The Morgan fingerprint density at radius 2 is 1.31 bits per heavy atom. The van der Waals surface area contributed by atoms with Crippen LogP contribution in [0.3, 0.4) is 0 Å². The molecule has 0 heterocycles. The Hall–Kier alpha value is 1.87. The quantitative estimate of drug-likeness (QED) is 0.256. The summed E-state index contributed by atoms with van der Waals surface area (Å²) in [6.45, 7) is 1.54. The first kappa shape index (κ1) is 29.4. The van der Waals surface area contributed by atoms with Gasteiger partial charge in [0, 0.05) is 16.4 Å². The molecule has 0 fully saturated rings. The first-order valence-corrected chi connectivity index (χ1v) is 3.47. The Labute approximate surface area is 132 Å². The predicted octanol–water partition coefficient (Wildman–Crippen LogP) is -8.56. The van der Waals surface area contributed by atoms with Crippen LogP contribution in [0.1, 0.15) is 13.3 Å². The summed E-state index contributed by atoms with van der Waals surface area (Å²) in [5.74, 6) is -0.995. The van der Waals surface area contributed by atoms with Crippen LogP contribution in [-0.2, 0) is 15.2 Å². The molecule has 0 aliphatic rings. The van der Waals surface area contributed by atoms with Crippen LogP contribution in [0.5, 0.6) is 0 Å². The molecule has 0 saturated carbocycles. The van der Waals surface area contributed by atoms with Gasteiger partial charge < -0.3 is 19.0 Å². The van der Waals surface area contributed by atoms with E-state index in [1.807, 2.05) is 0 Å². The Morgan fingerprint density at radius 1 is 1.23 bits per heavy atom. The average Bonchev–Trinajstić information content (AvgIpc) is 1.61. The van der Waals surface area contributed by atoms with E-state index in [9.17, 15) is 9.90 Å². The van der Waals surface area contributed by atoms with Crippen molar-refractivity contribution in [2.24, 2.45) is 0 Å². The summed E-state index contributed by atoms with van der Waals surface area (Å²) >= 11 is 0. The van der Waals surface area contributed by atoms with Gasteiger partial charge in [0.15, 0.2) is 0 Å². The molecule has 10 heteroatoms. The van der Waals surface area contributed by atoms with Gasteiger partial charge in [-0.05, 0) is 6.42 Å². The molecule has 0 spiro atoms. The van der Waals surface area contributed by atoms with Crippen molar-refractivity contribution in [1.29, 1.82) is 0 Å². The SMILES string of the molecule is CCC(=O)[O-].O=S(=O)([O-])[O-].[Al+3].[Na+].[Na+]. The summed E-state index contributed by atoms with van der Waals surface area (Å²) < 4.78 is 34.1. The van der Waals surface area contributed by atoms with Crippen LogP contribution in [0.2, 0.25) is 0 Å². The molecule has 0 rings (SSSR count). The van der Waals surface area contributed by atoms with Gasteiger partial charge in [0.2, 0.25) is 0 Å². The Kier molecular flexibility index (Phi) is 36.8. The Balaban J connectivity index is -0.0000000267. The van der Waals surface area contributed by atoms with Gasteiger partial charge in [-0.3, -0.25) is 8.42 Å². The molecule has 62 valence electrons. The van der Waals surface area contributed by atoms with Crippen LogP contribution in [-0.4, -0.2) is 40.9 Å². The fourth-order valence-corrected chi connectivity index (χ4v) is 0. The minimum Gasteiger partial charge on any atom is -0.759 e. The van der Waals surface area contributed by atoms with Crippen molar-refractivity contribution in [3.8, 4) is 0 Å². The number of rotatable bonds is 1. The van der Waals surface area contributed by atoms with Crippen LogP contribution in [0.15, 0.2) is 0 Å². The van der Waals surface area contributed by atoms with Gasteiger partial charge in [-0.15, -0.1) is 0 Å². The maximum atomic E-state index is 9.26. The zero-order chi connectivity index (χ0) is 8.78. The minimum absolute atomic E-state index is 0. The zero-order valence-corrected chi connectivity index (χ0v) is 13.6. The number of carboxylic acids is 1. The van der Waals surface area contributed by atoms with Gasteiger partial charge in [-0.2, -0.15) is 0 Å². The van der Waals surface area contributed by atoms with E-state index >= 15 is 0 Å². The number of hydrogen-bond acceptors (Lipinski definition) is 6. The van der Waals surface area contributed by atoms with Gasteiger partial charge >= 0.3 is 76.5 Å². The average molecular weight is 242 g/mol. The number of carbonyl (C=O) groups excluding carboxylic acids is 1. The van der Waals surface area contributed by atoms with Gasteiger partial charge in [-0.1, -0.05) is 6.92 Å². The molecule has 0 aliphatic carbocycles. The van der Waals surface area contributed by atoms with E-state index in [-0.39, 0.29) is 82.9 Å². The molecule has 0 bridgehead atoms. The molecule has 0 unspecified atom stereocenters. The molecule has 0 saturated heterocycles. The van der Waals surface area contributed by atoms with Crippen molar-refractivity contribution >= 4 is 33.7 Å². The second-order valence-corrected chi connectivity index (χ2v) is 1.95. The van der Waals surface area contributed by atoms with Crippen LogP contribution in [0, 0.1) is 0 Å². The van der Waals surface area contributed by atoms with E-state index in [1.165, 1.54) is 6.92 Å². The van der Waals surface area contributed by atoms with E-state index in [4.69, 9.17) is 17.5 Å². The van der Waals surface area contributed by atoms with Crippen molar-refractivity contribution in [3.05, 3.63) is 0 Å².